The number of carbonyl (C=O) groups is 1. The third-order valence-electron chi connectivity index (χ3n) is 6.98. The number of fused-ring (bicyclic) bond motifs is 1. The van der Waals surface area contributed by atoms with Gasteiger partial charge < -0.3 is 0 Å². The van der Waals surface area contributed by atoms with Gasteiger partial charge in [-0.3, -0.25) is 4.79 Å². The number of hydrogen-bond donors (Lipinski definition) is 0. The topological polar surface area (TPSA) is 17.1 Å². The Morgan fingerprint density at radius 3 is 2.44 bits per heavy atom. The van der Waals surface area contributed by atoms with Gasteiger partial charge >= 0.3 is 0 Å². The summed E-state index contributed by atoms with van der Waals surface area (Å²) in [5.74, 6) is 2.03. The number of carbonyl (C=O) groups excluding carboxylic acids is 1. The Kier molecular flexibility index (Phi) is 1.85. The molecule has 0 aromatic rings. The van der Waals surface area contributed by atoms with Gasteiger partial charge in [0, 0.05) is 11.8 Å². The van der Waals surface area contributed by atoms with Crippen molar-refractivity contribution in [1.82, 2.24) is 0 Å². The molecule has 3 aliphatic rings. The minimum absolute atomic E-state index is 0.115. The number of ketones is 1. The normalized spacial score (nSPS) is 48.1. The second kappa shape index (κ2) is 2.73. The molecular formula is C15H24O. The molecule has 90 valence electrons. The fourth-order valence-corrected chi connectivity index (χ4v) is 5.28. The highest BCUT2D eigenvalue weighted by atomic mass is 16.1. The van der Waals surface area contributed by atoms with Crippen LogP contribution in [0.1, 0.15) is 59.8 Å². The van der Waals surface area contributed by atoms with Crippen LogP contribution in [0.5, 0.6) is 0 Å². The zero-order chi connectivity index (χ0) is 11.8. The molecule has 0 amide bonds. The van der Waals surface area contributed by atoms with Gasteiger partial charge in [-0.1, -0.05) is 27.7 Å². The summed E-state index contributed by atoms with van der Waals surface area (Å²) in [6.45, 7) is 9.72. The molecule has 0 aliphatic heterocycles. The van der Waals surface area contributed by atoms with Crippen molar-refractivity contribution in [2.24, 2.45) is 28.1 Å². The average molecular weight is 220 g/mol. The van der Waals surface area contributed by atoms with Gasteiger partial charge in [-0.2, -0.15) is 0 Å². The van der Waals surface area contributed by atoms with Gasteiger partial charge in [0.1, 0.15) is 5.78 Å². The Morgan fingerprint density at radius 1 is 1.06 bits per heavy atom. The molecule has 3 fully saturated rings. The van der Waals surface area contributed by atoms with Crippen molar-refractivity contribution in [3.63, 3.8) is 0 Å². The molecule has 1 unspecified atom stereocenters. The molecule has 0 saturated heterocycles. The zero-order valence-electron chi connectivity index (χ0n) is 11.1. The standard InChI is InChI=1S/C15H24O/c1-13(2)10-7-8-15(9-10)11(14(13,3)4)5-6-12(15)16/h10-11H,5-9H2,1-4H3/t10?,11-,15-/m1/s1. The van der Waals surface area contributed by atoms with E-state index >= 15 is 0 Å². The van der Waals surface area contributed by atoms with Crippen molar-refractivity contribution in [2.75, 3.05) is 0 Å². The van der Waals surface area contributed by atoms with E-state index in [1.165, 1.54) is 19.3 Å². The van der Waals surface area contributed by atoms with Crippen molar-refractivity contribution < 1.29 is 4.79 Å². The maximum atomic E-state index is 12.3. The lowest BCUT2D eigenvalue weighted by molar-refractivity contribution is -0.138. The van der Waals surface area contributed by atoms with E-state index in [1.807, 2.05) is 0 Å². The molecule has 3 saturated carbocycles. The Labute approximate surface area is 99.0 Å². The van der Waals surface area contributed by atoms with E-state index in [9.17, 15) is 4.79 Å². The van der Waals surface area contributed by atoms with Gasteiger partial charge in [0.25, 0.3) is 0 Å². The fraction of sp³-hybridized carbons (Fsp3) is 0.933. The maximum Gasteiger partial charge on any atom is 0.139 e. The summed E-state index contributed by atoms with van der Waals surface area (Å²) in [5.41, 5.74) is 0.852. The van der Waals surface area contributed by atoms with Gasteiger partial charge in [0.15, 0.2) is 0 Å². The van der Waals surface area contributed by atoms with Crippen molar-refractivity contribution in [2.45, 2.75) is 59.8 Å². The van der Waals surface area contributed by atoms with Gasteiger partial charge in [-0.15, -0.1) is 0 Å². The minimum Gasteiger partial charge on any atom is -0.299 e. The van der Waals surface area contributed by atoms with Crippen molar-refractivity contribution >= 4 is 5.78 Å². The van der Waals surface area contributed by atoms with E-state index in [4.69, 9.17) is 0 Å². The van der Waals surface area contributed by atoms with Crippen LogP contribution in [-0.2, 0) is 4.79 Å². The lowest BCUT2D eigenvalue weighted by Crippen LogP contribution is -2.52. The van der Waals surface area contributed by atoms with E-state index in [0.717, 1.165) is 18.8 Å². The van der Waals surface area contributed by atoms with E-state index in [0.29, 0.717) is 22.5 Å². The molecule has 3 atom stereocenters. The summed E-state index contributed by atoms with van der Waals surface area (Å²) in [7, 11) is 0. The monoisotopic (exact) mass is 220 g/mol. The van der Waals surface area contributed by atoms with Crippen LogP contribution in [0.2, 0.25) is 0 Å². The number of rotatable bonds is 0. The van der Waals surface area contributed by atoms with Crippen LogP contribution in [-0.4, -0.2) is 5.78 Å². The Bertz CT molecular complexity index is 352. The smallest absolute Gasteiger partial charge is 0.139 e. The van der Waals surface area contributed by atoms with E-state index in [-0.39, 0.29) is 5.41 Å². The van der Waals surface area contributed by atoms with Crippen LogP contribution in [0.25, 0.3) is 0 Å². The summed E-state index contributed by atoms with van der Waals surface area (Å²) in [5, 5.41) is 0. The molecule has 0 aromatic heterocycles. The van der Waals surface area contributed by atoms with Crippen LogP contribution >= 0.6 is 0 Å². The zero-order valence-corrected chi connectivity index (χ0v) is 11.1. The van der Waals surface area contributed by atoms with Crippen LogP contribution in [0.4, 0.5) is 0 Å². The second-order valence-corrected chi connectivity index (χ2v) is 7.55. The third kappa shape index (κ3) is 0.926. The average Bonchev–Trinajstić information content (AvgIpc) is 2.73. The highest BCUT2D eigenvalue weighted by Crippen LogP contribution is 2.71. The second-order valence-electron chi connectivity index (χ2n) is 7.55. The van der Waals surface area contributed by atoms with E-state index in [2.05, 4.69) is 27.7 Å². The lowest BCUT2D eigenvalue weighted by atomic mass is 9.47. The molecule has 3 rings (SSSR count). The maximum absolute atomic E-state index is 12.3. The van der Waals surface area contributed by atoms with Crippen molar-refractivity contribution in [1.29, 1.82) is 0 Å². The SMILES string of the molecule is CC1(C)C2CC[C@]3(C2)C(=O)CC[C@@H]3C1(C)C. The summed E-state index contributed by atoms with van der Waals surface area (Å²) in [6.07, 6.45) is 5.69. The molecule has 1 nitrogen and oxygen atoms in total. The summed E-state index contributed by atoms with van der Waals surface area (Å²) >= 11 is 0. The van der Waals surface area contributed by atoms with Gasteiger partial charge in [-0.25, -0.2) is 0 Å². The molecule has 1 heteroatoms. The minimum atomic E-state index is 0.115. The van der Waals surface area contributed by atoms with Crippen molar-refractivity contribution in [3.05, 3.63) is 0 Å². The van der Waals surface area contributed by atoms with Crippen LogP contribution in [0.15, 0.2) is 0 Å². The first-order chi connectivity index (χ1) is 7.32. The molecule has 2 bridgehead atoms. The first-order valence-corrected chi connectivity index (χ1v) is 6.86. The predicted octanol–water partition coefficient (Wildman–Crippen LogP) is 3.82. The molecule has 0 aromatic carbocycles. The molecule has 1 spiro atoms. The van der Waals surface area contributed by atoms with Crippen LogP contribution < -0.4 is 0 Å². The highest BCUT2D eigenvalue weighted by Gasteiger charge is 2.67. The largest absolute Gasteiger partial charge is 0.299 e. The Hall–Kier alpha value is -0.330. The predicted molar refractivity (Wildman–Crippen MR) is 65.1 cm³/mol. The molecule has 0 radical (unpaired) electrons. The first-order valence-electron chi connectivity index (χ1n) is 6.86. The van der Waals surface area contributed by atoms with Gasteiger partial charge in [0.05, 0.1) is 0 Å². The number of Topliss-reactive ketones (excluding diaryl/α,β-unsaturated/α-hetero) is 1. The lowest BCUT2D eigenvalue weighted by Gasteiger charge is -2.57. The first kappa shape index (κ1) is 10.8. The van der Waals surface area contributed by atoms with E-state index < -0.39 is 0 Å². The Balaban J connectivity index is 2.13. The summed E-state index contributed by atoms with van der Waals surface area (Å²) in [6, 6.07) is 0. The van der Waals surface area contributed by atoms with Crippen molar-refractivity contribution in [3.8, 4) is 0 Å². The molecule has 0 heterocycles. The molecule has 16 heavy (non-hydrogen) atoms. The van der Waals surface area contributed by atoms with Gasteiger partial charge in [0.2, 0.25) is 0 Å². The van der Waals surface area contributed by atoms with E-state index in [1.54, 1.807) is 0 Å². The Morgan fingerprint density at radius 2 is 1.75 bits per heavy atom. The molecule has 3 aliphatic carbocycles. The van der Waals surface area contributed by atoms with Crippen LogP contribution in [0.3, 0.4) is 0 Å². The van der Waals surface area contributed by atoms with Gasteiger partial charge in [-0.05, 0) is 48.3 Å². The summed E-state index contributed by atoms with van der Waals surface area (Å²) in [4.78, 5) is 12.3. The highest BCUT2D eigenvalue weighted by molar-refractivity contribution is 5.88. The molecule has 0 N–H and O–H groups in total. The third-order valence-corrected chi connectivity index (χ3v) is 6.98. The molecular weight excluding hydrogens is 196 g/mol. The summed E-state index contributed by atoms with van der Waals surface area (Å²) < 4.78 is 0. The fourth-order valence-electron chi connectivity index (χ4n) is 5.28. The quantitative estimate of drug-likeness (QED) is 0.606. The van der Waals surface area contributed by atoms with Crippen LogP contribution in [0, 0.1) is 28.1 Å². The number of hydrogen-bond acceptors (Lipinski definition) is 1.